The van der Waals surface area contributed by atoms with Gasteiger partial charge in [-0.05, 0) is 27.2 Å². The maximum absolute atomic E-state index is 12.2. The van der Waals surface area contributed by atoms with Crippen molar-refractivity contribution in [3.8, 4) is 0 Å². The SMILES string of the molecule is Cc1nc(CN2CCN(C(=O)CCC(C)(C)N)CC2)cs1. The summed E-state index contributed by atoms with van der Waals surface area (Å²) in [5, 5.41) is 3.24. The van der Waals surface area contributed by atoms with Crippen LogP contribution in [-0.4, -0.2) is 52.4 Å². The summed E-state index contributed by atoms with van der Waals surface area (Å²) in [7, 11) is 0. The van der Waals surface area contributed by atoms with Gasteiger partial charge in [0.15, 0.2) is 0 Å². The second-order valence-electron chi connectivity index (χ2n) is 6.50. The van der Waals surface area contributed by atoms with Gasteiger partial charge in [0.25, 0.3) is 0 Å². The van der Waals surface area contributed by atoms with E-state index in [1.54, 1.807) is 11.3 Å². The highest BCUT2D eigenvalue weighted by Gasteiger charge is 2.22. The molecule has 1 aromatic rings. The fraction of sp³-hybridized carbons (Fsp3) is 0.733. The molecule has 0 bridgehead atoms. The lowest BCUT2D eigenvalue weighted by molar-refractivity contribution is -0.133. The molecule has 21 heavy (non-hydrogen) atoms. The van der Waals surface area contributed by atoms with Crippen LogP contribution in [0.5, 0.6) is 0 Å². The minimum Gasteiger partial charge on any atom is -0.340 e. The molecule has 6 heteroatoms. The predicted molar refractivity (Wildman–Crippen MR) is 86.2 cm³/mol. The molecule has 1 amide bonds. The van der Waals surface area contributed by atoms with Crippen molar-refractivity contribution in [3.63, 3.8) is 0 Å². The number of rotatable bonds is 5. The predicted octanol–water partition coefficient (Wildman–Crippen LogP) is 1.61. The maximum Gasteiger partial charge on any atom is 0.222 e. The van der Waals surface area contributed by atoms with Crippen LogP contribution in [0, 0.1) is 6.92 Å². The van der Waals surface area contributed by atoms with Gasteiger partial charge < -0.3 is 10.6 Å². The number of aromatic nitrogens is 1. The molecule has 1 aliphatic rings. The van der Waals surface area contributed by atoms with Gasteiger partial charge in [0, 0.05) is 50.1 Å². The zero-order valence-corrected chi connectivity index (χ0v) is 14.1. The molecule has 0 aromatic carbocycles. The Bertz CT molecular complexity index is 472. The van der Waals surface area contributed by atoms with Gasteiger partial charge in [0.05, 0.1) is 10.7 Å². The second kappa shape index (κ2) is 6.85. The lowest BCUT2D eigenvalue weighted by Crippen LogP contribution is -2.48. The van der Waals surface area contributed by atoms with E-state index in [9.17, 15) is 4.79 Å². The van der Waals surface area contributed by atoms with Crippen LogP contribution < -0.4 is 5.73 Å². The van der Waals surface area contributed by atoms with Crippen LogP contribution >= 0.6 is 11.3 Å². The van der Waals surface area contributed by atoms with Gasteiger partial charge in [-0.15, -0.1) is 11.3 Å². The van der Waals surface area contributed by atoms with E-state index in [1.807, 2.05) is 25.7 Å². The molecule has 1 aliphatic heterocycles. The number of hydrogen-bond acceptors (Lipinski definition) is 5. The molecule has 2 heterocycles. The Hall–Kier alpha value is -0.980. The monoisotopic (exact) mass is 310 g/mol. The van der Waals surface area contributed by atoms with E-state index >= 15 is 0 Å². The first kappa shape index (κ1) is 16.4. The molecular formula is C15H26N4OS. The number of amides is 1. The third-order valence-corrected chi connectivity index (χ3v) is 4.58. The van der Waals surface area contributed by atoms with E-state index in [-0.39, 0.29) is 11.4 Å². The maximum atomic E-state index is 12.2. The number of nitrogens with zero attached hydrogens (tertiary/aromatic N) is 3. The van der Waals surface area contributed by atoms with Gasteiger partial charge in [-0.25, -0.2) is 4.98 Å². The lowest BCUT2D eigenvalue weighted by atomic mass is 9.99. The molecule has 5 nitrogen and oxygen atoms in total. The van der Waals surface area contributed by atoms with Crippen LogP contribution in [0.15, 0.2) is 5.38 Å². The molecule has 0 unspecified atom stereocenters. The van der Waals surface area contributed by atoms with Gasteiger partial charge >= 0.3 is 0 Å². The number of piperazine rings is 1. The molecule has 2 rings (SSSR count). The van der Waals surface area contributed by atoms with E-state index in [0.717, 1.165) is 49.8 Å². The van der Waals surface area contributed by atoms with Crippen LogP contribution in [0.2, 0.25) is 0 Å². The first-order valence-electron chi connectivity index (χ1n) is 7.53. The fourth-order valence-electron chi connectivity index (χ4n) is 2.45. The lowest BCUT2D eigenvalue weighted by Gasteiger charge is -2.34. The summed E-state index contributed by atoms with van der Waals surface area (Å²) < 4.78 is 0. The molecule has 0 saturated carbocycles. The number of carbonyl (C=O) groups is 1. The minimum absolute atomic E-state index is 0.234. The molecule has 1 fully saturated rings. The molecule has 0 spiro atoms. The van der Waals surface area contributed by atoms with Crippen LogP contribution in [0.3, 0.4) is 0 Å². The Balaban J connectivity index is 1.74. The van der Waals surface area contributed by atoms with Crippen molar-refractivity contribution in [2.45, 2.75) is 45.7 Å². The topological polar surface area (TPSA) is 62.5 Å². The summed E-state index contributed by atoms with van der Waals surface area (Å²) in [6.07, 6.45) is 1.29. The first-order valence-corrected chi connectivity index (χ1v) is 8.41. The average molecular weight is 310 g/mol. The molecule has 0 atom stereocenters. The number of hydrogen-bond donors (Lipinski definition) is 1. The molecule has 1 aromatic heterocycles. The van der Waals surface area contributed by atoms with Crippen molar-refractivity contribution < 1.29 is 4.79 Å². The van der Waals surface area contributed by atoms with Crippen molar-refractivity contribution in [1.82, 2.24) is 14.8 Å². The highest BCUT2D eigenvalue weighted by molar-refractivity contribution is 7.09. The molecular weight excluding hydrogens is 284 g/mol. The van der Waals surface area contributed by atoms with Crippen molar-refractivity contribution in [2.75, 3.05) is 26.2 Å². The quantitative estimate of drug-likeness (QED) is 0.897. The van der Waals surface area contributed by atoms with Gasteiger partial charge in [0.1, 0.15) is 0 Å². The number of nitrogens with two attached hydrogens (primary N) is 1. The summed E-state index contributed by atoms with van der Waals surface area (Å²) in [6.45, 7) is 10.3. The van der Waals surface area contributed by atoms with Crippen LogP contribution in [-0.2, 0) is 11.3 Å². The standard InChI is InChI=1S/C15H26N4OS/c1-12-17-13(11-21-12)10-18-6-8-19(9-7-18)14(20)4-5-15(2,3)16/h11H,4-10,16H2,1-3H3. The van der Waals surface area contributed by atoms with Gasteiger partial charge in [0.2, 0.25) is 5.91 Å². The highest BCUT2D eigenvalue weighted by Crippen LogP contribution is 2.14. The Morgan fingerprint density at radius 1 is 1.38 bits per heavy atom. The van der Waals surface area contributed by atoms with E-state index in [4.69, 9.17) is 5.73 Å². The molecule has 2 N–H and O–H groups in total. The number of aryl methyl sites for hydroxylation is 1. The minimum atomic E-state index is -0.264. The van der Waals surface area contributed by atoms with E-state index in [0.29, 0.717) is 6.42 Å². The van der Waals surface area contributed by atoms with Crippen molar-refractivity contribution in [1.29, 1.82) is 0 Å². The summed E-state index contributed by atoms with van der Waals surface area (Å²) in [6, 6.07) is 0. The first-order chi connectivity index (χ1) is 9.83. The fourth-order valence-corrected chi connectivity index (χ4v) is 3.06. The summed E-state index contributed by atoms with van der Waals surface area (Å²) in [5.41, 5.74) is 6.82. The normalized spacial score (nSPS) is 17.2. The van der Waals surface area contributed by atoms with Gasteiger partial charge in [-0.3, -0.25) is 9.69 Å². The summed E-state index contributed by atoms with van der Waals surface area (Å²) in [5.74, 6) is 0.234. The molecule has 0 aliphatic carbocycles. The van der Waals surface area contributed by atoms with Crippen LogP contribution in [0.4, 0.5) is 0 Å². The number of thiazole rings is 1. The van der Waals surface area contributed by atoms with Gasteiger partial charge in [-0.2, -0.15) is 0 Å². The van der Waals surface area contributed by atoms with Gasteiger partial charge in [-0.1, -0.05) is 0 Å². The van der Waals surface area contributed by atoms with Crippen molar-refractivity contribution in [3.05, 3.63) is 16.1 Å². The largest absolute Gasteiger partial charge is 0.340 e. The molecule has 1 saturated heterocycles. The van der Waals surface area contributed by atoms with Crippen LogP contribution in [0.1, 0.15) is 37.4 Å². The molecule has 118 valence electrons. The molecule has 0 radical (unpaired) electrons. The average Bonchev–Trinajstić information content (AvgIpc) is 2.81. The smallest absolute Gasteiger partial charge is 0.222 e. The van der Waals surface area contributed by atoms with Crippen molar-refractivity contribution >= 4 is 17.2 Å². The third kappa shape index (κ3) is 5.37. The Labute approximate surface area is 131 Å². The van der Waals surface area contributed by atoms with Crippen LogP contribution in [0.25, 0.3) is 0 Å². The Morgan fingerprint density at radius 3 is 2.57 bits per heavy atom. The van der Waals surface area contributed by atoms with E-state index in [1.165, 1.54) is 0 Å². The number of carbonyl (C=O) groups excluding carboxylic acids is 1. The summed E-state index contributed by atoms with van der Waals surface area (Å²) in [4.78, 5) is 21.0. The Kier molecular flexibility index (Phi) is 5.35. The zero-order valence-electron chi connectivity index (χ0n) is 13.3. The Morgan fingerprint density at radius 2 is 2.05 bits per heavy atom. The van der Waals surface area contributed by atoms with Crippen molar-refractivity contribution in [2.24, 2.45) is 5.73 Å². The zero-order chi connectivity index (χ0) is 15.5. The third-order valence-electron chi connectivity index (χ3n) is 3.76. The summed E-state index contributed by atoms with van der Waals surface area (Å²) >= 11 is 1.69. The van der Waals surface area contributed by atoms with E-state index < -0.39 is 0 Å². The second-order valence-corrected chi connectivity index (χ2v) is 7.57. The van der Waals surface area contributed by atoms with E-state index in [2.05, 4.69) is 15.3 Å². The highest BCUT2D eigenvalue weighted by atomic mass is 32.1.